The maximum absolute atomic E-state index is 11.3. The van der Waals surface area contributed by atoms with Gasteiger partial charge in [-0.2, -0.15) is 0 Å². The summed E-state index contributed by atoms with van der Waals surface area (Å²) in [6.07, 6.45) is -1.34. The first kappa shape index (κ1) is 30.5. The summed E-state index contributed by atoms with van der Waals surface area (Å²) in [5.41, 5.74) is 3.69. The average molecular weight is 630 g/mol. The Hall–Kier alpha value is -5.13. The van der Waals surface area contributed by atoms with Gasteiger partial charge in [-0.1, -0.05) is 103 Å². The summed E-state index contributed by atoms with van der Waals surface area (Å²) in [5.74, 6) is 1.28. The van der Waals surface area contributed by atoms with Crippen molar-refractivity contribution in [2.75, 3.05) is 19.0 Å². The highest BCUT2D eigenvalue weighted by Gasteiger charge is 2.47. The monoisotopic (exact) mass is 629 g/mol. The molecule has 1 saturated heterocycles. The van der Waals surface area contributed by atoms with E-state index in [4.69, 9.17) is 14.2 Å². The number of aliphatic hydroxyl groups is 2. The topological polar surface area (TPSA) is 124 Å². The van der Waals surface area contributed by atoms with Gasteiger partial charge in [0.15, 0.2) is 23.2 Å². The molecule has 10 nitrogen and oxygen atoms in total. The molecule has 1 aliphatic heterocycles. The molecule has 3 N–H and O–H groups in total. The van der Waals surface area contributed by atoms with Gasteiger partial charge in [0, 0.05) is 6.54 Å². The molecule has 0 amide bonds. The van der Waals surface area contributed by atoms with E-state index in [9.17, 15) is 10.2 Å². The lowest BCUT2D eigenvalue weighted by atomic mass is 9.80. The normalized spacial score (nSPS) is 19.6. The van der Waals surface area contributed by atoms with Gasteiger partial charge in [-0.25, -0.2) is 15.0 Å². The zero-order valence-corrected chi connectivity index (χ0v) is 25.8. The van der Waals surface area contributed by atoms with Gasteiger partial charge in [0.05, 0.1) is 20.0 Å². The van der Waals surface area contributed by atoms with Crippen LogP contribution in [-0.2, 0) is 21.6 Å². The standard InChI is InChI=1S/C37H35N5O5/c1-45-29-19-17-28(18-20-29)37(26-13-7-3-8-14-26,27-15-9-4-10-16-27)46-22-30-32(43)33(44)36(47-30)42-24-41-31-34(39-23-40-35(31)42)38-21-25-11-5-2-6-12-25/h2-20,23-24,30,32-33,36,43-44H,21-22H2,1H3,(H,38,39,40)/t30-,32-,33-,36-/m1/s1. The summed E-state index contributed by atoms with van der Waals surface area (Å²) in [7, 11) is 1.63. The molecular weight excluding hydrogens is 594 g/mol. The lowest BCUT2D eigenvalue weighted by molar-refractivity contribution is -0.0942. The van der Waals surface area contributed by atoms with Crippen LogP contribution in [0.4, 0.5) is 5.82 Å². The second kappa shape index (κ2) is 13.3. The van der Waals surface area contributed by atoms with Crippen molar-refractivity contribution < 1.29 is 24.4 Å². The Bertz CT molecular complexity index is 1870. The molecule has 1 aliphatic rings. The second-order valence-corrected chi connectivity index (χ2v) is 11.4. The van der Waals surface area contributed by atoms with Crippen molar-refractivity contribution in [2.45, 2.75) is 36.7 Å². The van der Waals surface area contributed by atoms with E-state index in [1.165, 1.54) is 6.33 Å². The number of ether oxygens (including phenoxy) is 3. The van der Waals surface area contributed by atoms with E-state index in [1.54, 1.807) is 18.0 Å². The first-order chi connectivity index (χ1) is 23.1. The number of nitrogens with zero attached hydrogens (tertiary/aromatic N) is 4. The lowest BCUT2D eigenvalue weighted by Gasteiger charge is -2.37. The molecule has 0 saturated carbocycles. The largest absolute Gasteiger partial charge is 0.497 e. The summed E-state index contributed by atoms with van der Waals surface area (Å²) in [5, 5.41) is 25.9. The van der Waals surface area contributed by atoms with E-state index in [2.05, 4.69) is 20.3 Å². The zero-order chi connectivity index (χ0) is 32.2. The van der Waals surface area contributed by atoms with Gasteiger partial charge in [0.2, 0.25) is 0 Å². The van der Waals surface area contributed by atoms with Crippen LogP contribution in [0.2, 0.25) is 0 Å². The van der Waals surface area contributed by atoms with Gasteiger partial charge < -0.3 is 29.7 Å². The number of benzene rings is 4. The highest BCUT2D eigenvalue weighted by molar-refractivity contribution is 5.82. The van der Waals surface area contributed by atoms with Crippen molar-refractivity contribution in [2.24, 2.45) is 0 Å². The van der Waals surface area contributed by atoms with Crippen LogP contribution in [0.3, 0.4) is 0 Å². The molecule has 3 heterocycles. The smallest absolute Gasteiger partial charge is 0.167 e. The molecule has 238 valence electrons. The van der Waals surface area contributed by atoms with E-state index in [-0.39, 0.29) is 6.61 Å². The predicted molar refractivity (Wildman–Crippen MR) is 177 cm³/mol. The number of rotatable bonds is 11. The SMILES string of the molecule is COc1ccc(C(OC[C@H]2O[C@@H](n3cnc4c(NCc5ccccc5)ncnc43)[C@H](O)[C@@H]2O)(c2ccccc2)c2ccccc2)cc1. The number of hydrogen-bond donors (Lipinski definition) is 3. The van der Waals surface area contributed by atoms with E-state index in [1.807, 2.05) is 115 Å². The number of imidazole rings is 1. The number of aromatic nitrogens is 4. The molecule has 0 unspecified atom stereocenters. The lowest BCUT2D eigenvalue weighted by Crippen LogP contribution is -2.39. The van der Waals surface area contributed by atoms with Crippen molar-refractivity contribution in [1.29, 1.82) is 0 Å². The Morgan fingerprint density at radius 2 is 1.38 bits per heavy atom. The minimum absolute atomic E-state index is 0.0317. The fraction of sp³-hybridized carbons (Fsp3) is 0.216. The molecule has 4 aromatic carbocycles. The Balaban J connectivity index is 1.18. The summed E-state index contributed by atoms with van der Waals surface area (Å²) < 4.78 is 20.3. The second-order valence-electron chi connectivity index (χ2n) is 11.4. The quantitative estimate of drug-likeness (QED) is 0.169. The molecule has 4 atom stereocenters. The Labute approximate surface area is 272 Å². The van der Waals surface area contributed by atoms with E-state index < -0.39 is 30.1 Å². The van der Waals surface area contributed by atoms with E-state index in [0.29, 0.717) is 23.5 Å². The summed E-state index contributed by atoms with van der Waals surface area (Å²) in [4.78, 5) is 13.4. The van der Waals surface area contributed by atoms with Crippen LogP contribution in [0.15, 0.2) is 128 Å². The molecule has 0 radical (unpaired) electrons. The van der Waals surface area contributed by atoms with Gasteiger partial charge in [-0.05, 0) is 34.4 Å². The van der Waals surface area contributed by atoms with Crippen LogP contribution in [0, 0.1) is 0 Å². The predicted octanol–water partition coefficient (Wildman–Crippen LogP) is 5.07. The molecule has 0 spiro atoms. The molecule has 2 aromatic heterocycles. The maximum atomic E-state index is 11.3. The first-order valence-electron chi connectivity index (χ1n) is 15.4. The van der Waals surface area contributed by atoms with Crippen molar-refractivity contribution >= 4 is 17.0 Å². The van der Waals surface area contributed by atoms with Gasteiger partial charge in [-0.3, -0.25) is 4.57 Å². The third-order valence-corrected chi connectivity index (χ3v) is 8.59. The number of methoxy groups -OCH3 is 1. The molecule has 47 heavy (non-hydrogen) atoms. The van der Waals surface area contributed by atoms with E-state index in [0.717, 1.165) is 28.0 Å². The minimum atomic E-state index is -1.26. The van der Waals surface area contributed by atoms with E-state index >= 15 is 0 Å². The van der Waals surface area contributed by atoms with Gasteiger partial charge >= 0.3 is 0 Å². The molecule has 1 fully saturated rings. The van der Waals surface area contributed by atoms with Gasteiger partial charge in [0.25, 0.3) is 0 Å². The van der Waals surface area contributed by atoms with Crippen molar-refractivity contribution in [1.82, 2.24) is 19.5 Å². The Kier molecular flexibility index (Phi) is 8.64. The fourth-order valence-electron chi connectivity index (χ4n) is 6.17. The molecule has 0 bridgehead atoms. The fourth-order valence-corrected chi connectivity index (χ4v) is 6.17. The van der Waals surface area contributed by atoms with Crippen molar-refractivity contribution in [3.05, 3.63) is 150 Å². The zero-order valence-electron chi connectivity index (χ0n) is 25.8. The van der Waals surface area contributed by atoms with Gasteiger partial charge in [0.1, 0.15) is 36.0 Å². The van der Waals surface area contributed by atoms with Crippen molar-refractivity contribution in [3.63, 3.8) is 0 Å². The number of fused-ring (bicyclic) bond motifs is 1. The van der Waals surface area contributed by atoms with Crippen LogP contribution in [0.25, 0.3) is 11.2 Å². The molecule has 6 aromatic rings. The number of aliphatic hydroxyl groups excluding tert-OH is 2. The van der Waals surface area contributed by atoms with Crippen LogP contribution in [-0.4, -0.2) is 61.8 Å². The number of hydrogen-bond acceptors (Lipinski definition) is 9. The van der Waals surface area contributed by atoms with Gasteiger partial charge in [-0.15, -0.1) is 0 Å². The molecular formula is C37H35N5O5. The highest BCUT2D eigenvalue weighted by atomic mass is 16.6. The Morgan fingerprint density at radius 3 is 2.02 bits per heavy atom. The highest BCUT2D eigenvalue weighted by Crippen LogP contribution is 2.42. The molecule has 0 aliphatic carbocycles. The van der Waals surface area contributed by atoms with Crippen LogP contribution in [0.5, 0.6) is 5.75 Å². The number of nitrogens with one attached hydrogen (secondary N) is 1. The third-order valence-electron chi connectivity index (χ3n) is 8.59. The van der Waals surface area contributed by atoms with Crippen LogP contribution < -0.4 is 10.1 Å². The average Bonchev–Trinajstić information content (AvgIpc) is 3.69. The van der Waals surface area contributed by atoms with Crippen LogP contribution >= 0.6 is 0 Å². The Morgan fingerprint density at radius 1 is 0.766 bits per heavy atom. The summed E-state index contributed by atoms with van der Waals surface area (Å²) in [6, 6.07) is 37.6. The summed E-state index contributed by atoms with van der Waals surface area (Å²) in [6.45, 7) is 0.523. The van der Waals surface area contributed by atoms with Crippen LogP contribution in [0.1, 0.15) is 28.5 Å². The minimum Gasteiger partial charge on any atom is -0.497 e. The van der Waals surface area contributed by atoms with Crippen molar-refractivity contribution in [3.8, 4) is 5.75 Å². The maximum Gasteiger partial charge on any atom is 0.167 e. The molecule has 7 rings (SSSR count). The first-order valence-corrected chi connectivity index (χ1v) is 15.4. The third kappa shape index (κ3) is 5.84. The number of anilines is 1. The molecule has 10 heteroatoms. The summed E-state index contributed by atoms with van der Waals surface area (Å²) >= 11 is 0.